The lowest BCUT2D eigenvalue weighted by Crippen LogP contribution is -2.31. The monoisotopic (exact) mass is 202 g/mol. The number of aldehydes is 1. The Hall–Kier alpha value is -1.11. The lowest BCUT2D eigenvalue weighted by molar-refractivity contribution is -0.112. The Morgan fingerprint density at radius 3 is 2.33 bits per heavy atom. The molecular formula is C14H18O. The van der Waals surface area contributed by atoms with Crippen molar-refractivity contribution in [1.82, 2.24) is 0 Å². The molecule has 0 amide bonds. The zero-order valence-corrected chi connectivity index (χ0v) is 9.28. The lowest BCUT2D eigenvalue weighted by Gasteiger charge is -2.33. The summed E-state index contributed by atoms with van der Waals surface area (Å²) < 4.78 is 0. The zero-order valence-electron chi connectivity index (χ0n) is 9.28. The van der Waals surface area contributed by atoms with Crippen molar-refractivity contribution in [2.75, 3.05) is 0 Å². The van der Waals surface area contributed by atoms with Crippen LogP contribution in [0.25, 0.3) is 0 Å². The topological polar surface area (TPSA) is 17.1 Å². The van der Waals surface area contributed by atoms with Crippen molar-refractivity contribution in [2.24, 2.45) is 5.92 Å². The summed E-state index contributed by atoms with van der Waals surface area (Å²) in [5.41, 5.74) is 1.48. The van der Waals surface area contributed by atoms with Crippen molar-refractivity contribution in [3.63, 3.8) is 0 Å². The van der Waals surface area contributed by atoms with Gasteiger partial charge in [-0.15, -0.1) is 0 Å². The van der Waals surface area contributed by atoms with Gasteiger partial charge in [-0.3, -0.25) is 0 Å². The molecule has 1 atom stereocenters. The number of carbonyl (C=O) groups excluding carboxylic acids is 1. The molecule has 1 saturated carbocycles. The van der Waals surface area contributed by atoms with Gasteiger partial charge in [0.1, 0.15) is 6.29 Å². The van der Waals surface area contributed by atoms with E-state index in [1.165, 1.54) is 18.4 Å². The molecule has 1 aliphatic rings. The smallest absolute Gasteiger partial charge is 0.123 e. The van der Waals surface area contributed by atoms with Gasteiger partial charge in [0.25, 0.3) is 0 Å². The van der Waals surface area contributed by atoms with Crippen LogP contribution in [0.5, 0.6) is 0 Å². The summed E-state index contributed by atoms with van der Waals surface area (Å²) in [5, 5.41) is 0. The standard InChI is InChI=1S/C14H18O/c1-12(11-15)14(9-5-6-10-14)13-7-3-2-4-8-13/h2-4,7-8,11-12H,5-6,9-10H2,1H3. The third kappa shape index (κ3) is 1.71. The highest BCUT2D eigenvalue weighted by molar-refractivity contribution is 5.57. The summed E-state index contributed by atoms with van der Waals surface area (Å²) in [7, 11) is 0. The molecule has 1 aliphatic carbocycles. The number of hydrogen-bond acceptors (Lipinski definition) is 1. The molecule has 1 aromatic rings. The maximum Gasteiger partial charge on any atom is 0.123 e. The summed E-state index contributed by atoms with van der Waals surface area (Å²) in [4.78, 5) is 11.1. The number of benzene rings is 1. The van der Waals surface area contributed by atoms with Crippen LogP contribution >= 0.6 is 0 Å². The van der Waals surface area contributed by atoms with E-state index in [4.69, 9.17) is 0 Å². The SMILES string of the molecule is CC(C=O)C1(c2ccccc2)CCCC1. The highest BCUT2D eigenvalue weighted by Gasteiger charge is 2.40. The third-order valence-corrected chi connectivity index (χ3v) is 3.92. The summed E-state index contributed by atoms with van der Waals surface area (Å²) in [6, 6.07) is 10.5. The minimum atomic E-state index is 0.128. The van der Waals surface area contributed by atoms with Gasteiger partial charge >= 0.3 is 0 Å². The highest BCUT2D eigenvalue weighted by Crippen LogP contribution is 2.45. The predicted octanol–water partition coefficient (Wildman–Crippen LogP) is 3.33. The maximum atomic E-state index is 11.1. The fourth-order valence-electron chi connectivity index (χ4n) is 2.91. The lowest BCUT2D eigenvalue weighted by atomic mass is 9.70. The molecule has 0 radical (unpaired) electrons. The molecule has 0 aliphatic heterocycles. The van der Waals surface area contributed by atoms with Crippen LogP contribution < -0.4 is 0 Å². The average molecular weight is 202 g/mol. The third-order valence-electron chi connectivity index (χ3n) is 3.92. The molecule has 2 rings (SSSR count). The Morgan fingerprint density at radius 1 is 1.20 bits per heavy atom. The highest BCUT2D eigenvalue weighted by atomic mass is 16.1. The van der Waals surface area contributed by atoms with E-state index in [1.54, 1.807) is 0 Å². The molecule has 0 heterocycles. The molecule has 1 fully saturated rings. The van der Waals surface area contributed by atoms with Gasteiger partial charge in [0.2, 0.25) is 0 Å². The van der Waals surface area contributed by atoms with Crippen LogP contribution in [-0.4, -0.2) is 6.29 Å². The van der Waals surface area contributed by atoms with Crippen LogP contribution in [0.4, 0.5) is 0 Å². The van der Waals surface area contributed by atoms with Crippen LogP contribution in [0, 0.1) is 5.92 Å². The molecule has 0 N–H and O–H groups in total. The molecule has 1 nitrogen and oxygen atoms in total. The predicted molar refractivity (Wildman–Crippen MR) is 61.8 cm³/mol. The number of carbonyl (C=O) groups is 1. The van der Waals surface area contributed by atoms with E-state index < -0.39 is 0 Å². The molecule has 1 aromatic carbocycles. The summed E-state index contributed by atoms with van der Waals surface area (Å²) in [5.74, 6) is 0.141. The molecular weight excluding hydrogens is 184 g/mol. The van der Waals surface area contributed by atoms with E-state index >= 15 is 0 Å². The first kappa shape index (κ1) is 10.4. The van der Waals surface area contributed by atoms with Crippen molar-refractivity contribution in [3.05, 3.63) is 35.9 Å². The minimum absolute atomic E-state index is 0.128. The Balaban J connectivity index is 2.39. The molecule has 0 bridgehead atoms. The van der Waals surface area contributed by atoms with Crippen LogP contribution in [0.15, 0.2) is 30.3 Å². The van der Waals surface area contributed by atoms with E-state index in [-0.39, 0.29) is 11.3 Å². The fourth-order valence-corrected chi connectivity index (χ4v) is 2.91. The minimum Gasteiger partial charge on any atom is -0.303 e. The van der Waals surface area contributed by atoms with Crippen molar-refractivity contribution in [1.29, 1.82) is 0 Å². The van der Waals surface area contributed by atoms with Crippen LogP contribution in [-0.2, 0) is 10.2 Å². The number of rotatable bonds is 3. The van der Waals surface area contributed by atoms with Gasteiger partial charge in [-0.05, 0) is 18.4 Å². The van der Waals surface area contributed by atoms with Crippen LogP contribution in [0.1, 0.15) is 38.2 Å². The number of hydrogen-bond donors (Lipinski definition) is 0. The average Bonchev–Trinajstić information content (AvgIpc) is 2.79. The quantitative estimate of drug-likeness (QED) is 0.687. The van der Waals surface area contributed by atoms with Gasteiger partial charge < -0.3 is 4.79 Å². The van der Waals surface area contributed by atoms with E-state index in [0.717, 1.165) is 19.1 Å². The van der Waals surface area contributed by atoms with Crippen LogP contribution in [0.2, 0.25) is 0 Å². The van der Waals surface area contributed by atoms with Gasteiger partial charge in [0.15, 0.2) is 0 Å². The summed E-state index contributed by atoms with van der Waals surface area (Å²) in [6.45, 7) is 2.06. The summed E-state index contributed by atoms with van der Waals surface area (Å²) >= 11 is 0. The van der Waals surface area contributed by atoms with Gasteiger partial charge in [0, 0.05) is 11.3 Å². The Labute approximate surface area is 91.5 Å². The molecule has 0 aromatic heterocycles. The first-order valence-electron chi connectivity index (χ1n) is 5.80. The second-order valence-electron chi connectivity index (χ2n) is 4.65. The molecule has 0 saturated heterocycles. The van der Waals surface area contributed by atoms with E-state index in [9.17, 15) is 4.79 Å². The normalized spacial score (nSPS) is 21.1. The van der Waals surface area contributed by atoms with Gasteiger partial charge in [-0.2, -0.15) is 0 Å². The second kappa shape index (κ2) is 4.18. The first-order chi connectivity index (χ1) is 7.29. The largest absolute Gasteiger partial charge is 0.303 e. The van der Waals surface area contributed by atoms with Gasteiger partial charge in [-0.1, -0.05) is 50.1 Å². The Kier molecular flexibility index (Phi) is 2.90. The molecule has 0 spiro atoms. The Bertz CT molecular complexity index is 322. The Morgan fingerprint density at radius 2 is 1.80 bits per heavy atom. The van der Waals surface area contributed by atoms with E-state index in [0.29, 0.717) is 0 Å². The van der Waals surface area contributed by atoms with Gasteiger partial charge in [0.05, 0.1) is 0 Å². The molecule has 80 valence electrons. The van der Waals surface area contributed by atoms with Gasteiger partial charge in [-0.25, -0.2) is 0 Å². The van der Waals surface area contributed by atoms with Crippen molar-refractivity contribution in [2.45, 2.75) is 38.0 Å². The maximum absolute atomic E-state index is 11.1. The van der Waals surface area contributed by atoms with Crippen molar-refractivity contribution >= 4 is 6.29 Å². The van der Waals surface area contributed by atoms with Crippen molar-refractivity contribution in [3.8, 4) is 0 Å². The first-order valence-corrected chi connectivity index (χ1v) is 5.80. The van der Waals surface area contributed by atoms with E-state index in [1.807, 2.05) is 6.07 Å². The zero-order chi connectivity index (χ0) is 10.7. The molecule has 15 heavy (non-hydrogen) atoms. The molecule has 1 heteroatoms. The van der Waals surface area contributed by atoms with E-state index in [2.05, 4.69) is 31.2 Å². The van der Waals surface area contributed by atoms with Crippen molar-refractivity contribution < 1.29 is 4.79 Å². The fraction of sp³-hybridized carbons (Fsp3) is 0.500. The second-order valence-corrected chi connectivity index (χ2v) is 4.65. The van der Waals surface area contributed by atoms with Crippen LogP contribution in [0.3, 0.4) is 0 Å². The summed E-state index contributed by atoms with van der Waals surface area (Å²) in [6.07, 6.45) is 5.96. The molecule has 1 unspecified atom stereocenters.